The molecule has 5 heteroatoms. The van der Waals surface area contributed by atoms with Gasteiger partial charge in [0.2, 0.25) is 5.82 Å². The van der Waals surface area contributed by atoms with E-state index in [1.54, 1.807) is 22.6 Å². The lowest BCUT2D eigenvalue weighted by Crippen LogP contribution is -1.97. The van der Waals surface area contributed by atoms with E-state index in [1.807, 2.05) is 0 Å². The van der Waals surface area contributed by atoms with Gasteiger partial charge in [-0.3, -0.25) is 0 Å². The van der Waals surface area contributed by atoms with Gasteiger partial charge in [0, 0.05) is 0 Å². The van der Waals surface area contributed by atoms with Crippen molar-refractivity contribution in [3.8, 4) is 5.88 Å². The van der Waals surface area contributed by atoms with Crippen molar-refractivity contribution < 1.29 is 13.5 Å². The van der Waals surface area contributed by atoms with Crippen molar-refractivity contribution in [1.29, 1.82) is 0 Å². The third kappa shape index (κ3) is 1.58. The molecule has 0 unspecified atom stereocenters. The van der Waals surface area contributed by atoms with Crippen LogP contribution < -0.4 is 4.74 Å². The van der Waals surface area contributed by atoms with E-state index in [1.165, 1.54) is 7.11 Å². The first kappa shape index (κ1) is 8.63. The maximum atomic E-state index is 12.8. The van der Waals surface area contributed by atoms with Crippen molar-refractivity contribution in [1.82, 2.24) is 4.98 Å². The van der Waals surface area contributed by atoms with Gasteiger partial charge in [-0.15, -0.1) is 0 Å². The predicted octanol–water partition coefficient (Wildman–Crippen LogP) is 1.97. The van der Waals surface area contributed by atoms with E-state index in [2.05, 4.69) is 9.72 Å². The van der Waals surface area contributed by atoms with Crippen molar-refractivity contribution in [2.45, 2.75) is 0 Å². The Morgan fingerprint density at radius 2 is 2.18 bits per heavy atom. The standard InChI is InChI=1S/C6H4F2INO/c1-11-6-4(8)5(9)3(7)2-10-6/h2H,1H3. The summed E-state index contributed by atoms with van der Waals surface area (Å²) in [6, 6.07) is 0. The molecular formula is C6H4F2INO. The third-order valence-corrected chi connectivity index (χ3v) is 2.07. The van der Waals surface area contributed by atoms with E-state index in [4.69, 9.17) is 0 Å². The number of hydrogen-bond acceptors (Lipinski definition) is 2. The molecule has 0 fully saturated rings. The minimum Gasteiger partial charge on any atom is -0.479 e. The molecule has 0 bridgehead atoms. The molecule has 0 saturated heterocycles. The second-order valence-corrected chi connectivity index (χ2v) is 2.82. The molecule has 0 aliphatic heterocycles. The van der Waals surface area contributed by atoms with Crippen LogP contribution in [0.1, 0.15) is 0 Å². The first-order chi connectivity index (χ1) is 5.16. The van der Waals surface area contributed by atoms with Crippen molar-refractivity contribution in [3.63, 3.8) is 0 Å². The molecule has 1 heterocycles. The molecule has 1 rings (SSSR count). The molecule has 0 amide bonds. The molecule has 1 aromatic rings. The third-order valence-electron chi connectivity index (χ3n) is 1.08. The molecule has 2 nitrogen and oxygen atoms in total. The second kappa shape index (κ2) is 3.29. The monoisotopic (exact) mass is 271 g/mol. The number of pyridine rings is 1. The van der Waals surface area contributed by atoms with Crippen LogP contribution in [0, 0.1) is 15.2 Å². The Morgan fingerprint density at radius 3 is 2.73 bits per heavy atom. The van der Waals surface area contributed by atoms with Gasteiger partial charge in [0.05, 0.1) is 16.9 Å². The van der Waals surface area contributed by atoms with Crippen LogP contribution >= 0.6 is 22.6 Å². The van der Waals surface area contributed by atoms with Gasteiger partial charge in [0.25, 0.3) is 5.88 Å². The van der Waals surface area contributed by atoms with Crippen LogP contribution in [0.3, 0.4) is 0 Å². The van der Waals surface area contributed by atoms with Gasteiger partial charge in [0.15, 0.2) is 5.82 Å². The fourth-order valence-corrected chi connectivity index (χ4v) is 0.940. The highest BCUT2D eigenvalue weighted by atomic mass is 127. The molecule has 0 aromatic carbocycles. The minimum absolute atomic E-state index is 0.102. The highest BCUT2D eigenvalue weighted by Crippen LogP contribution is 2.20. The lowest BCUT2D eigenvalue weighted by Gasteiger charge is -2.01. The van der Waals surface area contributed by atoms with E-state index in [0.717, 1.165) is 6.20 Å². The van der Waals surface area contributed by atoms with Crippen molar-refractivity contribution in [2.24, 2.45) is 0 Å². The van der Waals surface area contributed by atoms with Crippen LogP contribution in [0.5, 0.6) is 5.88 Å². The van der Waals surface area contributed by atoms with Crippen LogP contribution in [-0.2, 0) is 0 Å². The Labute approximate surface area is 75.7 Å². The predicted molar refractivity (Wildman–Crippen MR) is 43.4 cm³/mol. The molecule has 0 aliphatic rings. The second-order valence-electron chi connectivity index (χ2n) is 1.74. The first-order valence-corrected chi connectivity index (χ1v) is 3.78. The number of aromatic nitrogens is 1. The zero-order chi connectivity index (χ0) is 8.43. The quantitative estimate of drug-likeness (QED) is 0.728. The molecule has 60 valence electrons. The highest BCUT2D eigenvalue weighted by molar-refractivity contribution is 14.1. The summed E-state index contributed by atoms with van der Waals surface area (Å²) in [5.74, 6) is -1.62. The Balaban J connectivity index is 3.25. The Bertz CT molecular complexity index is 280. The van der Waals surface area contributed by atoms with Gasteiger partial charge < -0.3 is 4.74 Å². The zero-order valence-corrected chi connectivity index (χ0v) is 7.72. The SMILES string of the molecule is COc1ncc(F)c(I)c1F. The summed E-state index contributed by atoms with van der Waals surface area (Å²) in [6.07, 6.45) is 0.920. The maximum absolute atomic E-state index is 12.8. The van der Waals surface area contributed by atoms with E-state index in [0.29, 0.717) is 0 Å². The van der Waals surface area contributed by atoms with Gasteiger partial charge in [-0.05, 0) is 22.6 Å². The molecule has 1 aromatic heterocycles. The van der Waals surface area contributed by atoms with Crippen molar-refractivity contribution in [3.05, 3.63) is 21.4 Å². The Kier molecular flexibility index (Phi) is 2.58. The first-order valence-electron chi connectivity index (χ1n) is 2.70. The summed E-state index contributed by atoms with van der Waals surface area (Å²) in [5.41, 5.74) is 0. The normalized spacial score (nSPS) is 9.82. The lowest BCUT2D eigenvalue weighted by molar-refractivity contribution is 0.363. The van der Waals surface area contributed by atoms with Crippen LogP contribution in [-0.4, -0.2) is 12.1 Å². The number of nitrogens with zero attached hydrogens (tertiary/aromatic N) is 1. The Hall–Kier alpha value is -0.460. The van der Waals surface area contributed by atoms with E-state index in [9.17, 15) is 8.78 Å². The number of methoxy groups -OCH3 is 1. The molecule has 0 spiro atoms. The molecule has 0 atom stereocenters. The summed E-state index contributed by atoms with van der Waals surface area (Å²) in [6.45, 7) is 0. The van der Waals surface area contributed by atoms with Gasteiger partial charge in [-0.1, -0.05) is 0 Å². The molecule has 0 aliphatic carbocycles. The largest absolute Gasteiger partial charge is 0.479 e. The number of ether oxygens (including phenoxy) is 1. The topological polar surface area (TPSA) is 22.1 Å². The average molecular weight is 271 g/mol. The number of halogens is 3. The number of hydrogen-bond donors (Lipinski definition) is 0. The molecule has 0 saturated carbocycles. The van der Waals surface area contributed by atoms with Crippen LogP contribution in [0.2, 0.25) is 0 Å². The summed E-state index contributed by atoms with van der Waals surface area (Å²) in [4.78, 5) is 3.38. The highest BCUT2D eigenvalue weighted by Gasteiger charge is 2.12. The van der Waals surface area contributed by atoms with Gasteiger partial charge in [-0.2, -0.15) is 4.39 Å². The summed E-state index contributed by atoms with van der Waals surface area (Å²) < 4.78 is 29.8. The van der Waals surface area contributed by atoms with Gasteiger partial charge >= 0.3 is 0 Å². The van der Waals surface area contributed by atoms with Crippen LogP contribution in [0.25, 0.3) is 0 Å². The summed E-state index contributed by atoms with van der Waals surface area (Å²) >= 11 is 1.55. The number of rotatable bonds is 1. The molecule has 0 N–H and O–H groups in total. The minimum atomic E-state index is -0.756. The average Bonchev–Trinajstić information content (AvgIpc) is 2.01. The van der Waals surface area contributed by atoms with Gasteiger partial charge in [0.1, 0.15) is 0 Å². The smallest absolute Gasteiger partial charge is 0.251 e. The lowest BCUT2D eigenvalue weighted by atomic mass is 10.4. The van der Waals surface area contributed by atoms with Crippen molar-refractivity contribution >= 4 is 22.6 Å². The maximum Gasteiger partial charge on any atom is 0.251 e. The van der Waals surface area contributed by atoms with E-state index < -0.39 is 11.6 Å². The zero-order valence-electron chi connectivity index (χ0n) is 5.57. The fraction of sp³-hybridized carbons (Fsp3) is 0.167. The van der Waals surface area contributed by atoms with Crippen molar-refractivity contribution in [2.75, 3.05) is 7.11 Å². The fourth-order valence-electron chi connectivity index (χ4n) is 0.570. The van der Waals surface area contributed by atoms with E-state index in [-0.39, 0.29) is 9.45 Å². The summed E-state index contributed by atoms with van der Waals surface area (Å²) in [5, 5.41) is 0. The van der Waals surface area contributed by atoms with E-state index >= 15 is 0 Å². The summed E-state index contributed by atoms with van der Waals surface area (Å²) in [7, 11) is 1.28. The molecular weight excluding hydrogens is 267 g/mol. The molecule has 11 heavy (non-hydrogen) atoms. The van der Waals surface area contributed by atoms with Crippen LogP contribution in [0.15, 0.2) is 6.20 Å². The Morgan fingerprint density at radius 1 is 1.55 bits per heavy atom. The van der Waals surface area contributed by atoms with Gasteiger partial charge in [-0.25, -0.2) is 9.37 Å². The molecule has 0 radical (unpaired) electrons. The van der Waals surface area contributed by atoms with Crippen LogP contribution in [0.4, 0.5) is 8.78 Å².